The fourth-order valence-corrected chi connectivity index (χ4v) is 1.43. The lowest BCUT2D eigenvalue weighted by atomic mass is 10.1. The summed E-state index contributed by atoms with van der Waals surface area (Å²) in [6.07, 6.45) is -0.641. The second kappa shape index (κ2) is 8.02. The van der Waals surface area contributed by atoms with Gasteiger partial charge in [-0.05, 0) is 12.8 Å². The number of carboxylic acid groups (broad SMARTS) is 1. The minimum absolute atomic E-state index is 0.260. The lowest BCUT2D eigenvalue weighted by molar-refractivity contribution is -0.158. The van der Waals surface area contributed by atoms with Crippen molar-refractivity contribution in [2.24, 2.45) is 11.5 Å². The molecule has 0 saturated carbocycles. The summed E-state index contributed by atoms with van der Waals surface area (Å²) in [6, 6.07) is -2.48. The predicted octanol–water partition coefficient (Wildman–Crippen LogP) is -0.792. The average molecular weight is 262 g/mol. The number of nitrogens with two attached hydrogens (primary N) is 2. The van der Waals surface area contributed by atoms with E-state index < -0.39 is 36.2 Å². The number of hydrogen-bond acceptors (Lipinski definition) is 6. The Balaban J connectivity index is 4.47. The Morgan fingerprint density at radius 1 is 1.22 bits per heavy atom. The first kappa shape index (κ1) is 16.8. The third kappa shape index (κ3) is 4.99. The van der Waals surface area contributed by atoms with Gasteiger partial charge in [0, 0.05) is 0 Å². The highest BCUT2D eigenvalue weighted by Gasteiger charge is 2.30. The van der Waals surface area contributed by atoms with Crippen LogP contribution in [0.5, 0.6) is 0 Å². The molecule has 0 heterocycles. The van der Waals surface area contributed by atoms with Gasteiger partial charge in [-0.25, -0.2) is 0 Å². The van der Waals surface area contributed by atoms with Crippen molar-refractivity contribution < 1.29 is 24.5 Å². The molecule has 6 N–H and O–H groups in total. The summed E-state index contributed by atoms with van der Waals surface area (Å²) in [7, 11) is 0. The van der Waals surface area contributed by atoms with Gasteiger partial charge in [-0.15, -0.1) is 0 Å². The first-order valence-electron chi connectivity index (χ1n) is 5.97. The quantitative estimate of drug-likeness (QED) is 0.421. The van der Waals surface area contributed by atoms with Gasteiger partial charge in [0.2, 0.25) is 0 Å². The van der Waals surface area contributed by atoms with Crippen LogP contribution in [-0.4, -0.2) is 46.4 Å². The third-order valence-electron chi connectivity index (χ3n) is 2.63. The van der Waals surface area contributed by atoms with Crippen LogP contribution in [0.3, 0.4) is 0 Å². The normalized spacial score (nSPS) is 17.6. The Morgan fingerprint density at radius 3 is 2.17 bits per heavy atom. The molecule has 7 nitrogen and oxygen atoms in total. The maximum atomic E-state index is 11.6. The molecule has 0 aromatic carbocycles. The van der Waals surface area contributed by atoms with Gasteiger partial charge in [-0.2, -0.15) is 0 Å². The fourth-order valence-electron chi connectivity index (χ4n) is 1.43. The molecule has 0 aliphatic heterocycles. The highest BCUT2D eigenvalue weighted by Crippen LogP contribution is 2.08. The Kier molecular flexibility index (Phi) is 7.49. The van der Waals surface area contributed by atoms with Crippen molar-refractivity contribution in [1.82, 2.24) is 0 Å². The summed E-state index contributed by atoms with van der Waals surface area (Å²) in [6.45, 7) is 3.49. The highest BCUT2D eigenvalue weighted by molar-refractivity contribution is 5.78. The molecule has 0 fully saturated rings. The standard InChI is InChI=1S/C11H22N2O5/c1-3-5-6(14)8(12)11(17)18-7(4-2)9(13)10(15)16/h6-9,14H,3-5,12-13H2,1-2H3,(H,15,16)/t6?,7?,8-,9-/m0/s1. The van der Waals surface area contributed by atoms with Crippen LogP contribution in [0.4, 0.5) is 0 Å². The van der Waals surface area contributed by atoms with E-state index in [0.29, 0.717) is 12.8 Å². The summed E-state index contributed by atoms with van der Waals surface area (Å²) in [5, 5.41) is 18.3. The third-order valence-corrected chi connectivity index (χ3v) is 2.63. The number of carboxylic acids is 1. The van der Waals surface area contributed by atoms with Crippen LogP contribution in [-0.2, 0) is 14.3 Å². The number of aliphatic hydroxyl groups is 1. The minimum atomic E-state index is -1.30. The summed E-state index contributed by atoms with van der Waals surface area (Å²) >= 11 is 0. The first-order chi connectivity index (χ1) is 8.34. The maximum absolute atomic E-state index is 11.6. The number of hydrogen-bond donors (Lipinski definition) is 4. The summed E-state index contributed by atoms with van der Waals surface area (Å²) in [5.74, 6) is -2.09. The van der Waals surface area contributed by atoms with E-state index in [-0.39, 0.29) is 6.42 Å². The van der Waals surface area contributed by atoms with E-state index in [1.165, 1.54) is 0 Å². The largest absolute Gasteiger partial charge is 0.480 e. The number of ether oxygens (including phenoxy) is 1. The average Bonchev–Trinajstić information content (AvgIpc) is 2.33. The van der Waals surface area contributed by atoms with E-state index in [0.717, 1.165) is 0 Å². The molecular weight excluding hydrogens is 240 g/mol. The van der Waals surface area contributed by atoms with Gasteiger partial charge < -0.3 is 26.4 Å². The first-order valence-corrected chi connectivity index (χ1v) is 5.97. The van der Waals surface area contributed by atoms with Gasteiger partial charge in [0.25, 0.3) is 0 Å². The van der Waals surface area contributed by atoms with Crippen LogP contribution in [0.15, 0.2) is 0 Å². The van der Waals surface area contributed by atoms with Crippen molar-refractivity contribution in [2.75, 3.05) is 0 Å². The molecule has 0 spiro atoms. The SMILES string of the molecule is CCCC(O)[C@H](N)C(=O)OC(CC)[C@H](N)C(=O)O. The molecule has 0 bridgehead atoms. The van der Waals surface area contributed by atoms with E-state index >= 15 is 0 Å². The van der Waals surface area contributed by atoms with Crippen molar-refractivity contribution in [3.8, 4) is 0 Å². The zero-order valence-electron chi connectivity index (χ0n) is 10.7. The molecule has 0 aromatic heterocycles. The monoisotopic (exact) mass is 262 g/mol. The fraction of sp³-hybridized carbons (Fsp3) is 0.818. The highest BCUT2D eigenvalue weighted by atomic mass is 16.5. The molecule has 0 rings (SSSR count). The predicted molar refractivity (Wildman–Crippen MR) is 64.7 cm³/mol. The maximum Gasteiger partial charge on any atom is 0.325 e. The lowest BCUT2D eigenvalue weighted by Crippen LogP contribution is -2.49. The van der Waals surface area contributed by atoms with Crippen LogP contribution in [0.2, 0.25) is 0 Å². The van der Waals surface area contributed by atoms with Crippen molar-refractivity contribution in [3.05, 3.63) is 0 Å². The molecular formula is C11H22N2O5. The van der Waals surface area contributed by atoms with Crippen LogP contribution < -0.4 is 11.5 Å². The van der Waals surface area contributed by atoms with E-state index in [1.54, 1.807) is 6.92 Å². The Labute approximate surface area is 106 Å². The van der Waals surface area contributed by atoms with Crippen molar-refractivity contribution >= 4 is 11.9 Å². The Hall–Kier alpha value is -1.18. The topological polar surface area (TPSA) is 136 Å². The van der Waals surface area contributed by atoms with Crippen molar-refractivity contribution in [2.45, 2.75) is 57.4 Å². The van der Waals surface area contributed by atoms with E-state index in [4.69, 9.17) is 21.3 Å². The van der Waals surface area contributed by atoms with Crippen LogP contribution in [0.25, 0.3) is 0 Å². The lowest BCUT2D eigenvalue weighted by Gasteiger charge is -2.23. The second-order valence-corrected chi connectivity index (χ2v) is 4.13. The smallest absolute Gasteiger partial charge is 0.325 e. The summed E-state index contributed by atoms with van der Waals surface area (Å²) in [5.41, 5.74) is 10.9. The van der Waals surface area contributed by atoms with Crippen LogP contribution >= 0.6 is 0 Å². The Bertz CT molecular complexity index is 285. The number of esters is 1. The van der Waals surface area contributed by atoms with E-state index in [9.17, 15) is 14.7 Å². The molecule has 106 valence electrons. The molecule has 18 heavy (non-hydrogen) atoms. The van der Waals surface area contributed by atoms with Gasteiger partial charge in [-0.3, -0.25) is 9.59 Å². The summed E-state index contributed by atoms with van der Waals surface area (Å²) in [4.78, 5) is 22.3. The van der Waals surface area contributed by atoms with Gasteiger partial charge in [0.05, 0.1) is 6.10 Å². The second-order valence-electron chi connectivity index (χ2n) is 4.13. The van der Waals surface area contributed by atoms with E-state index in [2.05, 4.69) is 0 Å². The minimum Gasteiger partial charge on any atom is -0.480 e. The number of rotatable bonds is 8. The number of carbonyl (C=O) groups is 2. The number of carbonyl (C=O) groups excluding carboxylic acids is 1. The molecule has 0 amide bonds. The van der Waals surface area contributed by atoms with Crippen LogP contribution in [0.1, 0.15) is 33.1 Å². The zero-order chi connectivity index (χ0) is 14.3. The molecule has 0 radical (unpaired) electrons. The van der Waals surface area contributed by atoms with E-state index in [1.807, 2.05) is 6.92 Å². The van der Waals surface area contributed by atoms with Gasteiger partial charge in [0.15, 0.2) is 0 Å². The molecule has 0 saturated heterocycles. The molecule has 0 aliphatic carbocycles. The van der Waals surface area contributed by atoms with Gasteiger partial charge in [-0.1, -0.05) is 20.3 Å². The zero-order valence-corrected chi connectivity index (χ0v) is 10.7. The molecule has 2 unspecified atom stereocenters. The molecule has 0 aromatic rings. The summed E-state index contributed by atoms with van der Waals surface area (Å²) < 4.78 is 4.92. The van der Waals surface area contributed by atoms with Crippen molar-refractivity contribution in [3.63, 3.8) is 0 Å². The van der Waals surface area contributed by atoms with Gasteiger partial charge >= 0.3 is 11.9 Å². The number of aliphatic hydroxyl groups excluding tert-OH is 1. The van der Waals surface area contributed by atoms with Crippen LogP contribution in [0, 0.1) is 0 Å². The molecule has 7 heteroatoms. The Morgan fingerprint density at radius 2 is 1.78 bits per heavy atom. The van der Waals surface area contributed by atoms with Crippen molar-refractivity contribution in [1.29, 1.82) is 0 Å². The molecule has 0 aliphatic rings. The molecule has 4 atom stereocenters. The number of aliphatic carboxylic acids is 1. The van der Waals surface area contributed by atoms with Gasteiger partial charge in [0.1, 0.15) is 18.2 Å².